The van der Waals surface area contributed by atoms with E-state index >= 15 is 0 Å². The number of ether oxygens (including phenoxy) is 3. The number of rotatable bonds is 8. The number of carbonyl (C=O) groups is 4. The van der Waals surface area contributed by atoms with Gasteiger partial charge in [0.05, 0.1) is 5.69 Å². The summed E-state index contributed by atoms with van der Waals surface area (Å²) in [4.78, 5) is 50.9. The first-order valence-corrected chi connectivity index (χ1v) is 9.07. The van der Waals surface area contributed by atoms with E-state index in [4.69, 9.17) is 14.2 Å². The molecule has 0 aliphatic rings. The lowest BCUT2D eigenvalue weighted by Crippen LogP contribution is -2.51. The first-order chi connectivity index (χ1) is 13.3. The maximum Gasteiger partial charge on any atom is 0.308 e. The van der Waals surface area contributed by atoms with Gasteiger partial charge in [-0.1, -0.05) is 0 Å². The van der Waals surface area contributed by atoms with Gasteiger partial charge in [-0.2, -0.15) is 0 Å². The standard InChI is InChI=1S/C20H28N2O7/c1-11(23)18(22-20(5,6)7)19(29-14(4)26)15-8-9-17(28-13(3)25)16(21-15)10-27-12(2)24/h8-9,18-19,22H,10H2,1-7H3. The second kappa shape index (κ2) is 10.1. The van der Waals surface area contributed by atoms with E-state index in [1.165, 1.54) is 39.8 Å². The van der Waals surface area contributed by atoms with Crippen LogP contribution in [0.2, 0.25) is 0 Å². The van der Waals surface area contributed by atoms with Crippen molar-refractivity contribution in [1.29, 1.82) is 0 Å². The van der Waals surface area contributed by atoms with Crippen molar-refractivity contribution in [3.05, 3.63) is 23.5 Å². The van der Waals surface area contributed by atoms with E-state index in [0.29, 0.717) is 0 Å². The van der Waals surface area contributed by atoms with Gasteiger partial charge in [0.25, 0.3) is 0 Å². The van der Waals surface area contributed by atoms with E-state index in [1.54, 1.807) is 0 Å². The van der Waals surface area contributed by atoms with Crippen LogP contribution in [0.5, 0.6) is 5.75 Å². The predicted octanol–water partition coefficient (Wildman–Crippen LogP) is 2.02. The molecule has 1 rings (SSSR count). The highest BCUT2D eigenvalue weighted by Crippen LogP contribution is 2.27. The Hall–Kier alpha value is -2.81. The van der Waals surface area contributed by atoms with Crippen LogP contribution >= 0.6 is 0 Å². The average molecular weight is 408 g/mol. The van der Waals surface area contributed by atoms with Crippen LogP contribution < -0.4 is 10.1 Å². The Labute approximate surface area is 170 Å². The third-order valence-electron chi connectivity index (χ3n) is 3.53. The summed E-state index contributed by atoms with van der Waals surface area (Å²) in [6, 6.07) is 2.07. The van der Waals surface area contributed by atoms with Gasteiger partial charge in [-0.15, -0.1) is 0 Å². The van der Waals surface area contributed by atoms with Gasteiger partial charge in [0, 0.05) is 26.3 Å². The number of nitrogens with zero attached hydrogens (tertiary/aromatic N) is 1. The lowest BCUT2D eigenvalue weighted by molar-refractivity contribution is -0.150. The zero-order chi connectivity index (χ0) is 22.4. The summed E-state index contributed by atoms with van der Waals surface area (Å²) in [5, 5.41) is 3.14. The van der Waals surface area contributed by atoms with Crippen LogP contribution in [-0.4, -0.2) is 40.3 Å². The van der Waals surface area contributed by atoms with Crippen molar-refractivity contribution in [2.24, 2.45) is 0 Å². The molecule has 0 aliphatic carbocycles. The van der Waals surface area contributed by atoms with Crippen LogP contribution in [0.25, 0.3) is 0 Å². The molecule has 0 spiro atoms. The van der Waals surface area contributed by atoms with Crippen LogP contribution in [0.4, 0.5) is 0 Å². The minimum Gasteiger partial charge on any atom is -0.459 e. The minimum atomic E-state index is -1.04. The molecule has 0 amide bonds. The first-order valence-electron chi connectivity index (χ1n) is 9.07. The van der Waals surface area contributed by atoms with Crippen LogP contribution in [0.1, 0.15) is 66.0 Å². The fourth-order valence-corrected chi connectivity index (χ4v) is 2.52. The quantitative estimate of drug-likeness (QED) is 0.644. The number of esters is 3. The molecule has 0 saturated heterocycles. The van der Waals surface area contributed by atoms with E-state index in [9.17, 15) is 19.2 Å². The summed E-state index contributed by atoms with van der Waals surface area (Å²) in [7, 11) is 0. The molecule has 9 heteroatoms. The van der Waals surface area contributed by atoms with Gasteiger partial charge in [0.2, 0.25) is 0 Å². The predicted molar refractivity (Wildman–Crippen MR) is 103 cm³/mol. The highest BCUT2D eigenvalue weighted by molar-refractivity contribution is 5.83. The molecule has 29 heavy (non-hydrogen) atoms. The van der Waals surface area contributed by atoms with Gasteiger partial charge in [-0.25, -0.2) is 4.98 Å². The Balaban J connectivity index is 3.44. The molecular formula is C20H28N2O7. The summed E-state index contributed by atoms with van der Waals surface area (Å²) in [6.07, 6.45) is -1.04. The van der Waals surface area contributed by atoms with Gasteiger partial charge in [-0.05, 0) is 39.8 Å². The monoisotopic (exact) mass is 408 g/mol. The molecule has 2 atom stereocenters. The average Bonchev–Trinajstić information content (AvgIpc) is 2.55. The number of aromatic nitrogens is 1. The highest BCUT2D eigenvalue weighted by Gasteiger charge is 2.34. The fraction of sp³-hybridized carbons (Fsp3) is 0.550. The van der Waals surface area contributed by atoms with Crippen molar-refractivity contribution in [2.75, 3.05) is 0 Å². The van der Waals surface area contributed by atoms with Crippen LogP contribution in [0.3, 0.4) is 0 Å². The zero-order valence-electron chi connectivity index (χ0n) is 17.8. The number of pyridine rings is 1. The topological polar surface area (TPSA) is 121 Å². The minimum absolute atomic E-state index is 0.104. The van der Waals surface area contributed by atoms with Crippen molar-refractivity contribution < 1.29 is 33.4 Å². The van der Waals surface area contributed by atoms with Gasteiger partial charge in [0.15, 0.2) is 17.6 Å². The van der Waals surface area contributed by atoms with Crippen LogP contribution in [0.15, 0.2) is 12.1 Å². The second-order valence-electron chi connectivity index (χ2n) is 7.57. The first kappa shape index (κ1) is 24.2. The maximum absolute atomic E-state index is 12.3. The lowest BCUT2D eigenvalue weighted by Gasteiger charge is -2.32. The molecule has 0 saturated carbocycles. The summed E-state index contributed by atoms with van der Waals surface area (Å²) in [6.45, 7) is 10.4. The number of nitrogens with one attached hydrogen (secondary N) is 1. The van der Waals surface area contributed by atoms with Crippen molar-refractivity contribution >= 4 is 23.7 Å². The van der Waals surface area contributed by atoms with Crippen molar-refractivity contribution in [2.45, 2.75) is 72.8 Å². The van der Waals surface area contributed by atoms with Crippen molar-refractivity contribution in [3.63, 3.8) is 0 Å². The third-order valence-corrected chi connectivity index (χ3v) is 3.53. The largest absolute Gasteiger partial charge is 0.459 e. The second-order valence-corrected chi connectivity index (χ2v) is 7.57. The summed E-state index contributed by atoms with van der Waals surface area (Å²) >= 11 is 0. The van der Waals surface area contributed by atoms with E-state index in [2.05, 4.69) is 10.3 Å². The normalized spacial score (nSPS) is 13.2. The van der Waals surface area contributed by atoms with Crippen LogP contribution in [-0.2, 0) is 35.3 Å². The van der Waals surface area contributed by atoms with Crippen molar-refractivity contribution in [3.8, 4) is 5.75 Å². The number of hydrogen-bond acceptors (Lipinski definition) is 9. The Morgan fingerprint density at radius 2 is 1.62 bits per heavy atom. The molecule has 0 aliphatic heterocycles. The molecule has 9 nitrogen and oxygen atoms in total. The molecule has 1 N–H and O–H groups in total. The van der Waals surface area contributed by atoms with E-state index in [1.807, 2.05) is 20.8 Å². The Morgan fingerprint density at radius 3 is 2.07 bits per heavy atom. The lowest BCUT2D eigenvalue weighted by atomic mass is 9.98. The number of ketones is 1. The molecule has 0 radical (unpaired) electrons. The Kier molecular flexibility index (Phi) is 8.44. The maximum atomic E-state index is 12.3. The molecule has 0 bridgehead atoms. The van der Waals surface area contributed by atoms with E-state index < -0.39 is 35.6 Å². The van der Waals surface area contributed by atoms with Gasteiger partial charge in [-0.3, -0.25) is 24.5 Å². The molecule has 1 aromatic heterocycles. The Bertz CT molecular complexity index is 784. The smallest absolute Gasteiger partial charge is 0.308 e. The number of hydrogen-bond donors (Lipinski definition) is 1. The van der Waals surface area contributed by atoms with Crippen molar-refractivity contribution in [1.82, 2.24) is 10.3 Å². The molecule has 2 unspecified atom stereocenters. The fourth-order valence-electron chi connectivity index (χ4n) is 2.52. The van der Waals surface area contributed by atoms with Gasteiger partial charge < -0.3 is 14.2 Å². The van der Waals surface area contributed by atoms with Crippen LogP contribution in [0, 0.1) is 0 Å². The molecule has 160 valence electrons. The zero-order valence-corrected chi connectivity index (χ0v) is 17.8. The summed E-state index contributed by atoms with van der Waals surface area (Å²) in [5.74, 6) is -1.86. The van der Waals surface area contributed by atoms with E-state index in [0.717, 1.165) is 0 Å². The number of Topliss-reactive ketones (excluding diaryl/α,β-unsaturated/α-hetero) is 1. The third kappa shape index (κ3) is 8.39. The van der Waals surface area contributed by atoms with Gasteiger partial charge >= 0.3 is 17.9 Å². The molecule has 0 fully saturated rings. The number of carbonyl (C=O) groups excluding carboxylic acids is 4. The summed E-state index contributed by atoms with van der Waals surface area (Å²) < 4.78 is 15.5. The molecule has 0 aromatic carbocycles. The SMILES string of the molecule is CC(=O)OCc1nc(C(OC(C)=O)C(NC(C)(C)C)C(C)=O)ccc1OC(C)=O. The Morgan fingerprint density at radius 1 is 1.00 bits per heavy atom. The summed E-state index contributed by atoms with van der Waals surface area (Å²) in [5.41, 5.74) is -0.0502. The molecule has 1 aromatic rings. The van der Waals surface area contributed by atoms with Gasteiger partial charge in [0.1, 0.15) is 18.3 Å². The highest BCUT2D eigenvalue weighted by atomic mass is 16.6. The molecular weight excluding hydrogens is 380 g/mol. The molecule has 1 heterocycles. The van der Waals surface area contributed by atoms with E-state index in [-0.39, 0.29) is 29.5 Å².